The van der Waals surface area contributed by atoms with E-state index >= 15 is 0 Å². The Hall–Kier alpha value is -1.98. The van der Waals surface area contributed by atoms with Crippen molar-refractivity contribution < 1.29 is 4.43 Å². The predicted octanol–water partition coefficient (Wildman–Crippen LogP) is 6.77. The largest absolute Gasteiger partial charge is 0.543 e. The molecular weight excluding hydrogens is 332 g/mol. The number of hydrogen-bond acceptors (Lipinski definition) is 1. The minimum absolute atomic E-state index is 0.168. The van der Waals surface area contributed by atoms with E-state index in [-0.39, 0.29) is 10.5 Å². The molecule has 0 saturated heterocycles. The molecular formula is C24H32OSi. The fraction of sp³-hybridized carbons (Fsp3) is 0.417. The van der Waals surface area contributed by atoms with E-state index in [1.54, 1.807) is 0 Å². The second kappa shape index (κ2) is 7.33. The molecule has 1 nitrogen and oxygen atoms in total. The van der Waals surface area contributed by atoms with Crippen LogP contribution in [0.25, 0.3) is 0 Å². The Labute approximate surface area is 160 Å². The van der Waals surface area contributed by atoms with Crippen molar-refractivity contribution in [3.63, 3.8) is 0 Å². The minimum Gasteiger partial charge on any atom is -0.543 e. The van der Waals surface area contributed by atoms with Gasteiger partial charge in [-0.25, -0.2) is 0 Å². The maximum absolute atomic E-state index is 6.38. The maximum Gasteiger partial charge on any atom is 0.250 e. The van der Waals surface area contributed by atoms with Gasteiger partial charge in [-0.1, -0.05) is 71.6 Å². The Bertz CT molecular complexity index is 806. The molecule has 138 valence electrons. The highest BCUT2D eigenvalue weighted by molar-refractivity contribution is 6.74. The summed E-state index contributed by atoms with van der Waals surface area (Å²) in [6.07, 6.45) is 0. The molecule has 0 atom stereocenters. The van der Waals surface area contributed by atoms with Crippen LogP contribution in [0.4, 0.5) is 0 Å². The van der Waals surface area contributed by atoms with Crippen LogP contribution in [-0.2, 0) is 5.41 Å². The molecule has 0 aliphatic rings. The smallest absolute Gasteiger partial charge is 0.250 e. The quantitative estimate of drug-likeness (QED) is 0.422. The Balaban J connectivity index is 2.19. The summed E-state index contributed by atoms with van der Waals surface area (Å²) in [6.45, 7) is 18.0. The van der Waals surface area contributed by atoms with Crippen LogP contribution in [0, 0.1) is 11.8 Å². The van der Waals surface area contributed by atoms with Gasteiger partial charge >= 0.3 is 0 Å². The lowest BCUT2D eigenvalue weighted by Gasteiger charge is -2.36. The van der Waals surface area contributed by atoms with Crippen molar-refractivity contribution in [1.29, 1.82) is 0 Å². The molecule has 0 N–H and O–H groups in total. The predicted molar refractivity (Wildman–Crippen MR) is 115 cm³/mol. The average Bonchev–Trinajstić information content (AvgIpc) is 2.51. The molecule has 0 heterocycles. The molecule has 0 aliphatic heterocycles. The molecule has 0 saturated carbocycles. The van der Waals surface area contributed by atoms with Crippen molar-refractivity contribution in [1.82, 2.24) is 0 Å². The molecule has 0 spiro atoms. The van der Waals surface area contributed by atoms with Gasteiger partial charge in [0.25, 0.3) is 0 Å². The summed E-state index contributed by atoms with van der Waals surface area (Å²) < 4.78 is 6.38. The SMILES string of the molecule is CC(C)(C)c1ccc(C#Cc2cccc(O[Si](C)(C)C(C)(C)C)c2)cc1. The fourth-order valence-corrected chi connectivity index (χ4v) is 3.31. The lowest BCUT2D eigenvalue weighted by atomic mass is 9.87. The number of benzene rings is 2. The third-order valence-electron chi connectivity index (χ3n) is 5.12. The molecule has 2 rings (SSSR count). The van der Waals surface area contributed by atoms with Crippen molar-refractivity contribution in [3.05, 3.63) is 65.2 Å². The molecule has 2 aromatic rings. The van der Waals surface area contributed by atoms with Crippen LogP contribution in [0.5, 0.6) is 5.75 Å². The molecule has 2 heteroatoms. The Kier molecular flexibility index (Phi) is 5.73. The van der Waals surface area contributed by atoms with E-state index in [0.29, 0.717) is 0 Å². The first-order chi connectivity index (χ1) is 11.9. The Morgan fingerprint density at radius 3 is 1.88 bits per heavy atom. The molecule has 0 radical (unpaired) electrons. The molecule has 0 aliphatic carbocycles. The molecule has 0 aromatic heterocycles. The van der Waals surface area contributed by atoms with E-state index in [1.165, 1.54) is 5.56 Å². The van der Waals surface area contributed by atoms with E-state index in [2.05, 4.69) is 96.8 Å². The van der Waals surface area contributed by atoms with Crippen LogP contribution in [-0.4, -0.2) is 8.32 Å². The first-order valence-electron chi connectivity index (χ1n) is 9.30. The first kappa shape index (κ1) is 20.3. The van der Waals surface area contributed by atoms with Gasteiger partial charge in [0.05, 0.1) is 0 Å². The van der Waals surface area contributed by atoms with Crippen molar-refractivity contribution >= 4 is 8.32 Å². The lowest BCUT2D eigenvalue weighted by molar-refractivity contribution is 0.492. The average molecular weight is 365 g/mol. The Morgan fingerprint density at radius 2 is 1.35 bits per heavy atom. The summed E-state index contributed by atoms with van der Waals surface area (Å²) in [7, 11) is -1.83. The monoisotopic (exact) mass is 364 g/mol. The summed E-state index contributed by atoms with van der Waals surface area (Å²) in [5.41, 5.74) is 3.52. The van der Waals surface area contributed by atoms with Gasteiger partial charge < -0.3 is 4.43 Å². The van der Waals surface area contributed by atoms with Crippen molar-refractivity contribution in [2.24, 2.45) is 0 Å². The third kappa shape index (κ3) is 5.26. The zero-order valence-electron chi connectivity index (χ0n) is 17.5. The fourth-order valence-electron chi connectivity index (χ4n) is 2.28. The van der Waals surface area contributed by atoms with Gasteiger partial charge in [0.15, 0.2) is 0 Å². The summed E-state index contributed by atoms with van der Waals surface area (Å²) in [5.74, 6) is 7.46. The maximum atomic E-state index is 6.38. The van der Waals surface area contributed by atoms with E-state index in [0.717, 1.165) is 16.9 Å². The second-order valence-electron chi connectivity index (χ2n) is 9.47. The van der Waals surface area contributed by atoms with Crippen molar-refractivity contribution in [2.75, 3.05) is 0 Å². The van der Waals surface area contributed by atoms with Gasteiger partial charge in [0.1, 0.15) is 5.75 Å². The van der Waals surface area contributed by atoms with E-state index < -0.39 is 8.32 Å². The zero-order chi connectivity index (χ0) is 19.6. The topological polar surface area (TPSA) is 9.23 Å². The summed E-state index contributed by atoms with van der Waals surface area (Å²) >= 11 is 0. The summed E-state index contributed by atoms with van der Waals surface area (Å²) in [4.78, 5) is 0. The van der Waals surface area contributed by atoms with E-state index in [1.807, 2.05) is 18.2 Å². The summed E-state index contributed by atoms with van der Waals surface area (Å²) in [5, 5.41) is 0.184. The van der Waals surface area contributed by atoms with E-state index in [9.17, 15) is 0 Å². The normalized spacial score (nSPS) is 12.3. The first-order valence-corrected chi connectivity index (χ1v) is 12.2. The Morgan fingerprint density at radius 1 is 0.769 bits per heavy atom. The van der Waals surface area contributed by atoms with Crippen LogP contribution in [0.3, 0.4) is 0 Å². The van der Waals surface area contributed by atoms with Crippen molar-refractivity contribution in [3.8, 4) is 17.6 Å². The highest BCUT2D eigenvalue weighted by Crippen LogP contribution is 2.37. The zero-order valence-corrected chi connectivity index (χ0v) is 18.5. The van der Waals surface area contributed by atoms with Gasteiger partial charge in [-0.15, -0.1) is 0 Å². The van der Waals surface area contributed by atoms with Crippen LogP contribution in [0.1, 0.15) is 58.2 Å². The highest BCUT2D eigenvalue weighted by Gasteiger charge is 2.38. The van der Waals surface area contributed by atoms with Gasteiger partial charge in [-0.3, -0.25) is 0 Å². The molecule has 0 fully saturated rings. The van der Waals surface area contributed by atoms with Crippen LogP contribution >= 0.6 is 0 Å². The molecule has 0 bridgehead atoms. The third-order valence-corrected chi connectivity index (χ3v) is 9.47. The molecule has 2 aromatic carbocycles. The van der Waals surface area contributed by atoms with Crippen LogP contribution < -0.4 is 4.43 Å². The van der Waals surface area contributed by atoms with E-state index in [4.69, 9.17) is 4.43 Å². The van der Waals surface area contributed by atoms with Gasteiger partial charge in [-0.05, 0) is 59.4 Å². The van der Waals surface area contributed by atoms with Crippen molar-refractivity contribution in [2.45, 2.75) is 65.1 Å². The standard InChI is InChI=1S/C24H32OSi/c1-23(2,3)21-16-14-19(15-17-21)12-13-20-10-9-11-22(18-20)25-26(7,8)24(4,5)6/h9-11,14-18H,1-8H3. The lowest BCUT2D eigenvalue weighted by Crippen LogP contribution is -2.43. The van der Waals surface area contributed by atoms with Gasteiger partial charge in [0.2, 0.25) is 8.32 Å². The molecule has 26 heavy (non-hydrogen) atoms. The number of rotatable bonds is 2. The highest BCUT2D eigenvalue weighted by atomic mass is 28.4. The van der Waals surface area contributed by atoms with Crippen LogP contribution in [0.15, 0.2) is 48.5 Å². The second-order valence-corrected chi connectivity index (χ2v) is 14.2. The van der Waals surface area contributed by atoms with Gasteiger partial charge in [0, 0.05) is 11.1 Å². The van der Waals surface area contributed by atoms with Crippen LogP contribution in [0.2, 0.25) is 18.1 Å². The molecule has 0 unspecified atom stereocenters. The molecule has 0 amide bonds. The minimum atomic E-state index is -1.83. The summed E-state index contributed by atoms with van der Waals surface area (Å²) in [6, 6.07) is 16.7. The van der Waals surface area contributed by atoms with Gasteiger partial charge in [-0.2, -0.15) is 0 Å². The number of hydrogen-bond donors (Lipinski definition) is 0.